The van der Waals surface area contributed by atoms with Crippen LogP contribution in [0.1, 0.15) is 34.8 Å². The molecule has 2 aliphatic heterocycles. The summed E-state index contributed by atoms with van der Waals surface area (Å²) in [7, 11) is 1.75. The fourth-order valence-corrected chi connectivity index (χ4v) is 4.11. The molecular formula is C20H20ClN3O2. The third-order valence-corrected chi connectivity index (χ3v) is 5.38. The van der Waals surface area contributed by atoms with E-state index in [0.717, 1.165) is 23.2 Å². The Bertz CT molecular complexity index is 943. The lowest BCUT2D eigenvalue weighted by Gasteiger charge is -2.45. The molecule has 2 aliphatic rings. The van der Waals surface area contributed by atoms with Crippen molar-refractivity contribution in [3.63, 3.8) is 0 Å². The molecule has 0 fully saturated rings. The van der Waals surface area contributed by atoms with Gasteiger partial charge < -0.3 is 15.1 Å². The van der Waals surface area contributed by atoms with Crippen molar-refractivity contribution in [1.82, 2.24) is 4.90 Å². The molecule has 0 saturated carbocycles. The van der Waals surface area contributed by atoms with Crippen LogP contribution in [0.15, 0.2) is 36.4 Å². The highest BCUT2D eigenvalue weighted by atomic mass is 35.5. The summed E-state index contributed by atoms with van der Waals surface area (Å²) in [5.41, 5.74) is 2.54. The van der Waals surface area contributed by atoms with Crippen molar-refractivity contribution >= 4 is 34.8 Å². The van der Waals surface area contributed by atoms with Crippen molar-refractivity contribution in [3.8, 4) is 0 Å². The minimum Gasteiger partial charge on any atom is -0.350 e. The van der Waals surface area contributed by atoms with Gasteiger partial charge in [-0.3, -0.25) is 9.59 Å². The highest BCUT2D eigenvalue weighted by molar-refractivity contribution is 6.31. The van der Waals surface area contributed by atoms with Crippen LogP contribution >= 0.6 is 11.6 Å². The van der Waals surface area contributed by atoms with Crippen molar-refractivity contribution in [3.05, 3.63) is 58.1 Å². The molecule has 0 radical (unpaired) electrons. The van der Waals surface area contributed by atoms with Gasteiger partial charge in [-0.05, 0) is 43.7 Å². The number of anilines is 2. The number of benzene rings is 2. The van der Waals surface area contributed by atoms with Gasteiger partial charge in [-0.1, -0.05) is 30.2 Å². The lowest BCUT2D eigenvalue weighted by atomic mass is 9.92. The van der Waals surface area contributed by atoms with Gasteiger partial charge in [0, 0.05) is 24.2 Å². The van der Waals surface area contributed by atoms with E-state index >= 15 is 0 Å². The first-order valence-electron chi connectivity index (χ1n) is 8.69. The molecule has 1 atom stereocenters. The molecular weight excluding hydrogens is 350 g/mol. The van der Waals surface area contributed by atoms with Gasteiger partial charge in [0.2, 0.25) is 5.66 Å². The Hall–Kier alpha value is -2.53. The second kappa shape index (κ2) is 5.74. The van der Waals surface area contributed by atoms with Gasteiger partial charge in [0.15, 0.2) is 0 Å². The highest BCUT2D eigenvalue weighted by Gasteiger charge is 2.58. The van der Waals surface area contributed by atoms with Crippen LogP contribution in [-0.4, -0.2) is 30.3 Å². The van der Waals surface area contributed by atoms with E-state index in [0.29, 0.717) is 22.8 Å². The zero-order valence-electron chi connectivity index (χ0n) is 15.0. The number of fused-ring (bicyclic) bond motifs is 3. The number of rotatable bonds is 2. The van der Waals surface area contributed by atoms with E-state index in [4.69, 9.17) is 11.6 Å². The number of carbonyl (C=O) groups is 2. The topological polar surface area (TPSA) is 52.7 Å². The summed E-state index contributed by atoms with van der Waals surface area (Å²) < 4.78 is 0. The Balaban J connectivity index is 2.01. The first-order valence-corrected chi connectivity index (χ1v) is 9.07. The van der Waals surface area contributed by atoms with Crippen molar-refractivity contribution < 1.29 is 9.59 Å². The number of nitrogens with zero attached hydrogens (tertiary/aromatic N) is 2. The zero-order valence-corrected chi connectivity index (χ0v) is 15.7. The predicted octanol–water partition coefficient (Wildman–Crippen LogP) is 3.76. The van der Waals surface area contributed by atoms with Crippen LogP contribution in [0.25, 0.3) is 0 Å². The Morgan fingerprint density at radius 2 is 1.92 bits per heavy atom. The standard InChI is InChI=1S/C20H20ClN3O2/c1-4-9-24-18(25)14-7-6-13(21)11-16(14)22-20(24)15-10-12(2)5-8-17(15)23(3)19(20)26/h5-8,10-11,22H,4,9H2,1-3H3. The fraction of sp³-hybridized carbons (Fsp3) is 0.300. The average Bonchev–Trinajstić information content (AvgIpc) is 2.81. The van der Waals surface area contributed by atoms with Crippen molar-refractivity contribution in [1.29, 1.82) is 0 Å². The van der Waals surface area contributed by atoms with Gasteiger partial charge in [0.25, 0.3) is 11.8 Å². The number of halogens is 1. The minimum absolute atomic E-state index is 0.159. The molecule has 0 aliphatic carbocycles. The van der Waals surface area contributed by atoms with E-state index in [1.165, 1.54) is 0 Å². The van der Waals surface area contributed by atoms with Crippen LogP contribution < -0.4 is 10.2 Å². The largest absolute Gasteiger partial charge is 0.350 e. The normalized spacial score (nSPS) is 21.1. The van der Waals surface area contributed by atoms with Crippen LogP contribution in [0.4, 0.5) is 11.4 Å². The first-order chi connectivity index (χ1) is 12.4. The molecule has 1 spiro atoms. The van der Waals surface area contributed by atoms with Crippen molar-refractivity contribution in [2.24, 2.45) is 0 Å². The molecule has 4 rings (SSSR count). The molecule has 26 heavy (non-hydrogen) atoms. The quantitative estimate of drug-likeness (QED) is 0.877. The summed E-state index contributed by atoms with van der Waals surface area (Å²) in [6, 6.07) is 11.0. The molecule has 2 heterocycles. The number of hydrogen-bond acceptors (Lipinski definition) is 3. The molecule has 2 aromatic rings. The minimum atomic E-state index is -1.24. The molecule has 0 saturated heterocycles. The van der Waals surface area contributed by atoms with Crippen LogP contribution in [0, 0.1) is 6.92 Å². The summed E-state index contributed by atoms with van der Waals surface area (Å²) in [6.07, 6.45) is 0.746. The van der Waals surface area contributed by atoms with Gasteiger partial charge in [0.05, 0.1) is 16.9 Å². The summed E-state index contributed by atoms with van der Waals surface area (Å²) in [5, 5.41) is 3.89. The molecule has 5 nitrogen and oxygen atoms in total. The first kappa shape index (κ1) is 16.9. The third-order valence-electron chi connectivity index (χ3n) is 5.14. The van der Waals surface area contributed by atoms with Crippen LogP contribution in [0.3, 0.4) is 0 Å². The molecule has 0 bridgehead atoms. The maximum Gasteiger partial charge on any atom is 0.278 e. The SMILES string of the molecule is CCCN1C(=O)c2ccc(Cl)cc2NC12C(=O)N(C)c1ccc(C)cc12. The van der Waals surface area contributed by atoms with E-state index < -0.39 is 5.66 Å². The van der Waals surface area contributed by atoms with E-state index in [-0.39, 0.29) is 11.8 Å². The monoisotopic (exact) mass is 369 g/mol. The van der Waals surface area contributed by atoms with E-state index in [1.807, 2.05) is 32.0 Å². The summed E-state index contributed by atoms with van der Waals surface area (Å²) in [5.74, 6) is -0.320. The smallest absolute Gasteiger partial charge is 0.278 e. The number of likely N-dealkylation sites (N-methyl/N-ethyl adjacent to an activating group) is 1. The Morgan fingerprint density at radius 3 is 2.65 bits per heavy atom. The molecule has 6 heteroatoms. The zero-order chi connectivity index (χ0) is 18.6. The van der Waals surface area contributed by atoms with Gasteiger partial charge >= 0.3 is 0 Å². The van der Waals surface area contributed by atoms with Gasteiger partial charge in [-0.15, -0.1) is 0 Å². The van der Waals surface area contributed by atoms with Gasteiger partial charge in [-0.25, -0.2) is 0 Å². The van der Waals surface area contributed by atoms with E-state index in [2.05, 4.69) is 5.32 Å². The molecule has 1 unspecified atom stereocenters. The van der Waals surface area contributed by atoms with Crippen LogP contribution in [0.5, 0.6) is 0 Å². The second-order valence-corrected chi connectivity index (χ2v) is 7.30. The van der Waals surface area contributed by atoms with Gasteiger partial charge in [0.1, 0.15) is 0 Å². The maximum atomic E-state index is 13.4. The third kappa shape index (κ3) is 2.10. The lowest BCUT2D eigenvalue weighted by Crippen LogP contribution is -2.62. The van der Waals surface area contributed by atoms with Crippen molar-refractivity contribution in [2.75, 3.05) is 23.8 Å². The number of carbonyl (C=O) groups excluding carboxylic acids is 2. The van der Waals surface area contributed by atoms with E-state index in [9.17, 15) is 9.59 Å². The second-order valence-electron chi connectivity index (χ2n) is 6.87. The predicted molar refractivity (Wildman–Crippen MR) is 103 cm³/mol. The van der Waals surface area contributed by atoms with Crippen LogP contribution in [-0.2, 0) is 10.5 Å². The van der Waals surface area contributed by atoms with Crippen LogP contribution in [0.2, 0.25) is 5.02 Å². The summed E-state index contributed by atoms with van der Waals surface area (Å²) in [6.45, 7) is 4.45. The molecule has 134 valence electrons. The molecule has 1 N–H and O–H groups in total. The highest BCUT2D eigenvalue weighted by Crippen LogP contribution is 2.48. The molecule has 2 amide bonds. The Morgan fingerprint density at radius 1 is 1.15 bits per heavy atom. The lowest BCUT2D eigenvalue weighted by molar-refractivity contribution is -0.127. The number of nitrogens with one attached hydrogen (secondary N) is 1. The fourth-order valence-electron chi connectivity index (χ4n) is 3.94. The summed E-state index contributed by atoms with van der Waals surface area (Å²) in [4.78, 5) is 30.0. The summed E-state index contributed by atoms with van der Waals surface area (Å²) >= 11 is 6.15. The number of amides is 2. The number of hydrogen-bond donors (Lipinski definition) is 1. The maximum absolute atomic E-state index is 13.4. The average molecular weight is 370 g/mol. The van der Waals surface area contributed by atoms with E-state index in [1.54, 1.807) is 35.0 Å². The van der Waals surface area contributed by atoms with Crippen molar-refractivity contribution in [2.45, 2.75) is 25.9 Å². The Labute approximate surface area is 157 Å². The molecule has 2 aromatic carbocycles. The van der Waals surface area contributed by atoms with Gasteiger partial charge in [-0.2, -0.15) is 0 Å². The molecule has 0 aromatic heterocycles. The Kier molecular flexibility index (Phi) is 3.74. The number of aryl methyl sites for hydroxylation is 1.